The first-order valence-corrected chi connectivity index (χ1v) is 7.35. The van der Waals surface area contributed by atoms with Crippen LogP contribution >= 0.6 is 11.8 Å². The van der Waals surface area contributed by atoms with Gasteiger partial charge in [0.25, 0.3) is 0 Å². The molecule has 0 saturated carbocycles. The first-order valence-electron chi connectivity index (χ1n) is 6.20. The van der Waals surface area contributed by atoms with Crippen molar-refractivity contribution in [2.45, 2.75) is 37.6 Å². The van der Waals surface area contributed by atoms with E-state index in [-0.39, 0.29) is 0 Å². The van der Waals surface area contributed by atoms with Crippen LogP contribution in [0.4, 0.5) is 0 Å². The Morgan fingerprint density at radius 2 is 2.19 bits per heavy atom. The summed E-state index contributed by atoms with van der Waals surface area (Å²) in [6.45, 7) is 1.12. The Morgan fingerprint density at radius 1 is 1.31 bits per heavy atom. The topological polar surface area (TPSA) is 38.1 Å². The van der Waals surface area contributed by atoms with Crippen LogP contribution in [-0.2, 0) is 0 Å². The number of hydrogen-bond acceptors (Lipinski definition) is 4. The van der Waals surface area contributed by atoms with Crippen LogP contribution in [0.2, 0.25) is 0 Å². The van der Waals surface area contributed by atoms with Gasteiger partial charge in [0.15, 0.2) is 5.89 Å². The Balaban J connectivity index is 1.71. The molecule has 4 heteroatoms. The molecule has 0 amide bonds. The Labute approximate surface area is 100 Å². The average Bonchev–Trinajstić information content (AvgIpc) is 3.01. The maximum atomic E-state index is 5.66. The summed E-state index contributed by atoms with van der Waals surface area (Å²) in [7, 11) is 0. The van der Waals surface area contributed by atoms with E-state index in [0.717, 1.165) is 18.1 Å². The summed E-state index contributed by atoms with van der Waals surface area (Å²) in [5.41, 5.74) is 1.12. The highest BCUT2D eigenvalue weighted by molar-refractivity contribution is 7.99. The standard InChI is InChI=1S/C12H18N2OS/c1-2-10(13-5-1)11-8-15-12(14-11)9-3-6-16-7-4-9/h8-10,13H,1-7H2. The second-order valence-corrected chi connectivity index (χ2v) is 5.87. The number of rotatable bonds is 2. The fourth-order valence-corrected chi connectivity index (χ4v) is 3.64. The third kappa shape index (κ3) is 2.13. The highest BCUT2D eigenvalue weighted by Gasteiger charge is 2.24. The zero-order valence-electron chi connectivity index (χ0n) is 9.45. The summed E-state index contributed by atoms with van der Waals surface area (Å²) in [5.74, 6) is 4.05. The molecule has 0 radical (unpaired) electrons. The van der Waals surface area contributed by atoms with Gasteiger partial charge in [-0.1, -0.05) is 0 Å². The molecule has 3 heterocycles. The van der Waals surface area contributed by atoms with Crippen molar-refractivity contribution >= 4 is 11.8 Å². The van der Waals surface area contributed by atoms with E-state index in [2.05, 4.69) is 10.3 Å². The number of hydrogen-bond donors (Lipinski definition) is 1. The van der Waals surface area contributed by atoms with Crippen molar-refractivity contribution in [3.8, 4) is 0 Å². The zero-order chi connectivity index (χ0) is 10.8. The van der Waals surface area contributed by atoms with E-state index in [0.29, 0.717) is 12.0 Å². The van der Waals surface area contributed by atoms with E-state index in [4.69, 9.17) is 4.42 Å². The van der Waals surface area contributed by atoms with Crippen molar-refractivity contribution < 1.29 is 4.42 Å². The predicted octanol–water partition coefficient (Wildman–Crippen LogP) is 2.71. The van der Waals surface area contributed by atoms with E-state index >= 15 is 0 Å². The maximum absolute atomic E-state index is 5.66. The molecule has 3 nitrogen and oxygen atoms in total. The van der Waals surface area contributed by atoms with Crippen molar-refractivity contribution in [3.63, 3.8) is 0 Å². The molecule has 88 valence electrons. The van der Waals surface area contributed by atoms with Gasteiger partial charge in [0, 0.05) is 5.92 Å². The number of nitrogens with one attached hydrogen (secondary N) is 1. The molecular formula is C12H18N2OS. The van der Waals surface area contributed by atoms with Gasteiger partial charge in [0.2, 0.25) is 0 Å². The van der Waals surface area contributed by atoms with E-state index in [1.165, 1.54) is 37.2 Å². The van der Waals surface area contributed by atoms with Gasteiger partial charge in [-0.3, -0.25) is 0 Å². The molecule has 1 aromatic heterocycles. The van der Waals surface area contributed by atoms with Crippen LogP contribution in [0, 0.1) is 0 Å². The van der Waals surface area contributed by atoms with Gasteiger partial charge >= 0.3 is 0 Å². The predicted molar refractivity (Wildman–Crippen MR) is 65.8 cm³/mol. The van der Waals surface area contributed by atoms with Crippen LogP contribution in [0.25, 0.3) is 0 Å². The normalized spacial score (nSPS) is 27.4. The molecular weight excluding hydrogens is 220 g/mol. The van der Waals surface area contributed by atoms with Crippen LogP contribution < -0.4 is 5.32 Å². The third-order valence-electron chi connectivity index (χ3n) is 3.53. The van der Waals surface area contributed by atoms with Crippen LogP contribution in [0.1, 0.15) is 49.2 Å². The van der Waals surface area contributed by atoms with Crippen LogP contribution in [0.5, 0.6) is 0 Å². The molecule has 0 spiro atoms. The Bertz CT molecular complexity index is 341. The van der Waals surface area contributed by atoms with Crippen molar-refractivity contribution in [1.82, 2.24) is 10.3 Å². The Kier molecular flexibility index (Phi) is 3.20. The van der Waals surface area contributed by atoms with E-state index in [1.54, 1.807) is 0 Å². The zero-order valence-corrected chi connectivity index (χ0v) is 10.3. The monoisotopic (exact) mass is 238 g/mol. The van der Waals surface area contributed by atoms with Crippen LogP contribution in [0.3, 0.4) is 0 Å². The van der Waals surface area contributed by atoms with Gasteiger partial charge in [-0.25, -0.2) is 4.98 Å². The van der Waals surface area contributed by atoms with E-state index in [9.17, 15) is 0 Å². The van der Waals surface area contributed by atoms with Gasteiger partial charge in [0.1, 0.15) is 6.26 Å². The molecule has 1 aromatic rings. The summed E-state index contributed by atoms with van der Waals surface area (Å²) in [5, 5.41) is 3.46. The minimum absolute atomic E-state index is 0.440. The average molecular weight is 238 g/mol. The molecule has 1 unspecified atom stereocenters. The quantitative estimate of drug-likeness (QED) is 0.859. The van der Waals surface area contributed by atoms with Gasteiger partial charge in [-0.05, 0) is 43.7 Å². The lowest BCUT2D eigenvalue weighted by Gasteiger charge is -2.17. The molecule has 16 heavy (non-hydrogen) atoms. The molecule has 1 N–H and O–H groups in total. The number of nitrogens with zero attached hydrogens (tertiary/aromatic N) is 1. The summed E-state index contributed by atoms with van der Waals surface area (Å²) < 4.78 is 5.66. The smallest absolute Gasteiger partial charge is 0.197 e. The molecule has 2 aliphatic heterocycles. The van der Waals surface area contributed by atoms with Crippen LogP contribution in [0.15, 0.2) is 10.7 Å². The SMILES string of the molecule is c1oc(C2CCSCC2)nc1C1CCCN1. The number of oxazole rings is 1. The highest BCUT2D eigenvalue weighted by Crippen LogP contribution is 2.32. The van der Waals surface area contributed by atoms with Crippen molar-refractivity contribution in [2.24, 2.45) is 0 Å². The molecule has 0 aromatic carbocycles. The van der Waals surface area contributed by atoms with Crippen LogP contribution in [-0.4, -0.2) is 23.0 Å². The Morgan fingerprint density at radius 3 is 2.94 bits per heavy atom. The second kappa shape index (κ2) is 4.80. The van der Waals surface area contributed by atoms with Crippen molar-refractivity contribution in [1.29, 1.82) is 0 Å². The largest absolute Gasteiger partial charge is 0.448 e. The van der Waals surface area contributed by atoms with Gasteiger partial charge < -0.3 is 9.73 Å². The second-order valence-electron chi connectivity index (χ2n) is 4.65. The number of aromatic nitrogens is 1. The Hall–Kier alpha value is -0.480. The highest BCUT2D eigenvalue weighted by atomic mass is 32.2. The van der Waals surface area contributed by atoms with Crippen molar-refractivity contribution in [3.05, 3.63) is 17.8 Å². The summed E-state index contributed by atoms with van der Waals surface area (Å²) in [4.78, 5) is 4.68. The summed E-state index contributed by atoms with van der Waals surface area (Å²) in [6, 6.07) is 0.440. The van der Waals surface area contributed by atoms with Crippen molar-refractivity contribution in [2.75, 3.05) is 18.1 Å². The fourth-order valence-electron chi connectivity index (χ4n) is 2.53. The minimum Gasteiger partial charge on any atom is -0.448 e. The molecule has 2 fully saturated rings. The van der Waals surface area contributed by atoms with E-state index < -0.39 is 0 Å². The molecule has 0 bridgehead atoms. The maximum Gasteiger partial charge on any atom is 0.197 e. The first-order chi connectivity index (χ1) is 7.93. The molecule has 2 saturated heterocycles. The van der Waals surface area contributed by atoms with Gasteiger partial charge in [-0.2, -0.15) is 11.8 Å². The summed E-state index contributed by atoms with van der Waals surface area (Å²) >= 11 is 2.04. The minimum atomic E-state index is 0.440. The lowest BCUT2D eigenvalue weighted by molar-refractivity contribution is 0.430. The fraction of sp³-hybridized carbons (Fsp3) is 0.750. The first kappa shape index (κ1) is 10.7. The lowest BCUT2D eigenvalue weighted by Crippen LogP contribution is -2.13. The third-order valence-corrected chi connectivity index (χ3v) is 4.58. The molecule has 2 aliphatic rings. The summed E-state index contributed by atoms with van der Waals surface area (Å²) in [6.07, 6.45) is 6.77. The molecule has 3 rings (SSSR count). The molecule has 0 aliphatic carbocycles. The van der Waals surface area contributed by atoms with Gasteiger partial charge in [0.05, 0.1) is 11.7 Å². The lowest BCUT2D eigenvalue weighted by atomic mass is 10.0. The molecule has 1 atom stereocenters. The number of thioether (sulfide) groups is 1. The van der Waals surface area contributed by atoms with Gasteiger partial charge in [-0.15, -0.1) is 0 Å². The van der Waals surface area contributed by atoms with E-state index in [1.807, 2.05) is 18.0 Å².